The molecule has 1 aliphatic carbocycles. The van der Waals surface area contributed by atoms with Gasteiger partial charge in [0.25, 0.3) is 0 Å². The van der Waals surface area contributed by atoms with Crippen LogP contribution in [0.1, 0.15) is 73.7 Å². The lowest BCUT2D eigenvalue weighted by Crippen LogP contribution is -2.37. The van der Waals surface area contributed by atoms with E-state index in [0.29, 0.717) is 35.3 Å². The molecule has 0 atom stereocenters. The number of rotatable bonds is 14. The highest BCUT2D eigenvalue weighted by atomic mass is 19.4. The molecule has 1 saturated carbocycles. The minimum Gasteiger partial charge on any atom is -0.463 e. The van der Waals surface area contributed by atoms with E-state index in [9.17, 15) is 31.5 Å². The third kappa shape index (κ3) is 12.1. The van der Waals surface area contributed by atoms with Gasteiger partial charge in [-0.25, -0.2) is 9.59 Å². The van der Waals surface area contributed by atoms with Gasteiger partial charge in [0.1, 0.15) is 5.75 Å². The Labute approximate surface area is 247 Å². The molecule has 43 heavy (non-hydrogen) atoms. The van der Waals surface area contributed by atoms with Crippen molar-refractivity contribution in [3.8, 4) is 5.75 Å². The molecule has 0 amide bonds. The predicted octanol–water partition coefficient (Wildman–Crippen LogP) is 7.56. The van der Waals surface area contributed by atoms with E-state index in [1.165, 1.54) is 48.6 Å². The minimum atomic E-state index is -4.29. The summed E-state index contributed by atoms with van der Waals surface area (Å²) >= 11 is 0. The van der Waals surface area contributed by atoms with Crippen LogP contribution >= 0.6 is 0 Å². The fraction of sp³-hybridized carbons (Fsp3) is 0.484. The Bertz CT molecular complexity index is 1210. The smallest absolute Gasteiger partial charge is 0.400 e. The number of ether oxygens (including phenoxy) is 3. The Morgan fingerprint density at radius 2 is 1.40 bits per heavy atom. The van der Waals surface area contributed by atoms with E-state index in [1.807, 2.05) is 0 Å². The molecule has 7 nitrogen and oxygen atoms in total. The number of nitrogen functional groups attached to an aromatic ring is 2. The Balaban J connectivity index is 1.28. The van der Waals surface area contributed by atoms with Gasteiger partial charge in [-0.15, -0.1) is 0 Å². The molecule has 1 aliphatic rings. The number of esters is 2. The highest BCUT2D eigenvalue weighted by Crippen LogP contribution is 2.42. The van der Waals surface area contributed by atoms with Crippen molar-refractivity contribution < 1.29 is 45.8 Å². The first kappa shape index (κ1) is 33.7. The van der Waals surface area contributed by atoms with Crippen LogP contribution in [0.5, 0.6) is 5.75 Å². The Morgan fingerprint density at radius 3 is 1.98 bits per heavy atom. The van der Waals surface area contributed by atoms with Gasteiger partial charge >= 0.3 is 24.2 Å². The zero-order valence-corrected chi connectivity index (χ0v) is 23.7. The van der Waals surface area contributed by atoms with Crippen LogP contribution in [0.3, 0.4) is 0 Å². The second-order valence-corrected chi connectivity index (χ2v) is 10.7. The summed E-state index contributed by atoms with van der Waals surface area (Å²) in [4.78, 5) is 24.0. The number of carbonyl (C=O) groups is 2. The Hall–Kier alpha value is -3.83. The van der Waals surface area contributed by atoms with Crippen LogP contribution in [0.2, 0.25) is 0 Å². The molecular weight excluding hydrogens is 575 g/mol. The van der Waals surface area contributed by atoms with Crippen LogP contribution < -0.4 is 16.2 Å². The van der Waals surface area contributed by atoms with Crippen molar-refractivity contribution in [2.45, 2.75) is 70.1 Å². The van der Waals surface area contributed by atoms with E-state index in [4.69, 9.17) is 25.7 Å². The van der Waals surface area contributed by atoms with E-state index in [-0.39, 0.29) is 44.6 Å². The molecule has 0 bridgehead atoms. The average molecular weight is 613 g/mol. The van der Waals surface area contributed by atoms with Crippen LogP contribution in [0.15, 0.2) is 48.5 Å². The van der Waals surface area contributed by atoms with Crippen molar-refractivity contribution in [1.29, 1.82) is 0 Å². The first-order valence-electron chi connectivity index (χ1n) is 14.2. The molecule has 236 valence electrons. The van der Waals surface area contributed by atoms with Crippen molar-refractivity contribution >= 4 is 29.4 Å². The van der Waals surface area contributed by atoms with Crippen LogP contribution in [-0.2, 0) is 14.3 Å². The molecule has 0 unspecified atom stereocenters. The van der Waals surface area contributed by atoms with Crippen LogP contribution in [-0.4, -0.2) is 37.4 Å². The van der Waals surface area contributed by atoms with E-state index in [2.05, 4.69) is 0 Å². The maximum Gasteiger partial charge on any atom is 0.400 e. The van der Waals surface area contributed by atoms with Crippen molar-refractivity contribution in [2.75, 3.05) is 24.7 Å². The van der Waals surface area contributed by atoms with E-state index < -0.39 is 42.5 Å². The number of carbonyl (C=O) groups excluding carboxylic acids is 2. The summed E-state index contributed by atoms with van der Waals surface area (Å²) in [5.41, 5.74) is 13.0. The summed E-state index contributed by atoms with van der Waals surface area (Å²) < 4.78 is 82.2. The molecule has 4 N–H and O–H groups in total. The lowest BCUT2D eigenvalue weighted by Gasteiger charge is -2.33. The third-order valence-electron chi connectivity index (χ3n) is 7.12. The molecular formula is C31H37F5N2O5. The van der Waals surface area contributed by atoms with Crippen LogP contribution in [0, 0.1) is 11.8 Å². The van der Waals surface area contributed by atoms with Gasteiger partial charge in [0.05, 0.1) is 24.7 Å². The van der Waals surface area contributed by atoms with E-state index in [1.54, 1.807) is 6.07 Å². The molecule has 0 aliphatic heterocycles. The lowest BCUT2D eigenvalue weighted by atomic mass is 9.80. The fourth-order valence-corrected chi connectivity index (χ4v) is 4.90. The molecule has 2 aromatic rings. The number of unbranched alkanes of at least 4 members (excludes halogenated alkanes) is 3. The standard InChI is InChI=1S/C31H37F5N2O5/c32-30(33,34)20-22-5-10-24(11-6-22)31(35,36)43-27-12-7-21(8-13-27)9-14-28(39)41-15-3-1-2-4-16-42-29(40)23-17-25(37)19-26(38)18-23/h7-9,12-14,17-19,22,24H,1-6,10-11,15-16,20,37-38H2. The number of halogens is 5. The number of hydrogen-bond donors (Lipinski definition) is 2. The molecule has 2 aromatic carbocycles. The summed E-state index contributed by atoms with van der Waals surface area (Å²) in [6, 6.07) is 10.2. The molecule has 0 heterocycles. The number of nitrogens with two attached hydrogens (primary N) is 2. The Kier molecular flexibility index (Phi) is 12.2. The zero-order chi connectivity index (χ0) is 31.5. The molecule has 0 aromatic heterocycles. The molecule has 1 fully saturated rings. The maximum absolute atomic E-state index is 14.6. The first-order valence-corrected chi connectivity index (χ1v) is 14.2. The van der Waals surface area contributed by atoms with Gasteiger partial charge < -0.3 is 25.7 Å². The highest BCUT2D eigenvalue weighted by molar-refractivity contribution is 5.91. The number of anilines is 2. The SMILES string of the molecule is Nc1cc(N)cc(C(=O)OCCCCCCOC(=O)C=Cc2ccc(OC(F)(F)C3CCC(CC(F)(F)F)CC3)cc2)c1. The van der Waals surface area contributed by atoms with E-state index in [0.717, 1.165) is 12.8 Å². The zero-order valence-electron chi connectivity index (χ0n) is 23.7. The van der Waals surface area contributed by atoms with Crippen molar-refractivity contribution in [1.82, 2.24) is 0 Å². The van der Waals surface area contributed by atoms with Crippen LogP contribution in [0.25, 0.3) is 6.08 Å². The van der Waals surface area contributed by atoms with Crippen molar-refractivity contribution in [3.05, 3.63) is 59.7 Å². The van der Waals surface area contributed by atoms with Crippen molar-refractivity contribution in [2.24, 2.45) is 11.8 Å². The van der Waals surface area contributed by atoms with E-state index >= 15 is 0 Å². The molecule has 0 spiro atoms. The topological polar surface area (TPSA) is 114 Å². The summed E-state index contributed by atoms with van der Waals surface area (Å²) in [6.07, 6.45) is -3.12. The Morgan fingerprint density at radius 1 is 0.814 bits per heavy atom. The molecule has 0 saturated heterocycles. The van der Waals surface area contributed by atoms with Crippen molar-refractivity contribution in [3.63, 3.8) is 0 Å². The monoisotopic (exact) mass is 612 g/mol. The minimum absolute atomic E-state index is 0.0343. The summed E-state index contributed by atoms with van der Waals surface area (Å²) in [7, 11) is 0. The summed E-state index contributed by atoms with van der Waals surface area (Å²) in [5, 5.41) is 0. The second-order valence-electron chi connectivity index (χ2n) is 10.7. The van der Waals surface area contributed by atoms with Crippen LogP contribution in [0.4, 0.5) is 33.3 Å². The highest BCUT2D eigenvalue weighted by Gasteiger charge is 2.45. The van der Waals surface area contributed by atoms with Gasteiger partial charge in [-0.3, -0.25) is 0 Å². The second kappa shape index (κ2) is 15.6. The van der Waals surface area contributed by atoms with Gasteiger partial charge in [-0.2, -0.15) is 22.0 Å². The molecule has 12 heteroatoms. The molecule has 0 radical (unpaired) electrons. The lowest BCUT2D eigenvalue weighted by molar-refractivity contribution is -0.225. The number of alkyl halides is 5. The number of benzene rings is 2. The van der Waals surface area contributed by atoms with Gasteiger partial charge in [0, 0.05) is 23.9 Å². The van der Waals surface area contributed by atoms with Gasteiger partial charge in [-0.1, -0.05) is 12.1 Å². The normalized spacial score (nSPS) is 17.5. The quantitative estimate of drug-likeness (QED) is 0.0744. The first-order chi connectivity index (χ1) is 20.3. The maximum atomic E-state index is 14.6. The summed E-state index contributed by atoms with van der Waals surface area (Å²) in [6.45, 7) is 0.454. The predicted molar refractivity (Wildman–Crippen MR) is 152 cm³/mol. The third-order valence-corrected chi connectivity index (χ3v) is 7.12. The summed E-state index contributed by atoms with van der Waals surface area (Å²) in [5.74, 6) is -2.90. The van der Waals surface area contributed by atoms with Gasteiger partial charge in [0.2, 0.25) is 0 Å². The van der Waals surface area contributed by atoms with Gasteiger partial charge in [0.15, 0.2) is 0 Å². The largest absolute Gasteiger partial charge is 0.463 e. The molecule has 3 rings (SSSR count). The van der Waals surface area contributed by atoms with Gasteiger partial charge in [-0.05, 0) is 99.3 Å². The average Bonchev–Trinajstić information content (AvgIpc) is 2.92. The number of hydrogen-bond acceptors (Lipinski definition) is 7. The fourth-order valence-electron chi connectivity index (χ4n) is 4.90.